The number of benzene rings is 2. The van der Waals surface area contributed by atoms with Gasteiger partial charge in [0.2, 0.25) is 5.91 Å². The Kier molecular flexibility index (Phi) is 8.68. The normalized spacial score (nSPS) is 12.2. The molecule has 0 radical (unpaired) electrons. The Balaban J connectivity index is 1.89. The van der Waals surface area contributed by atoms with Crippen molar-refractivity contribution in [2.45, 2.75) is 32.0 Å². The number of ether oxygens (including phenoxy) is 3. The number of hydrogen-bond donors (Lipinski definition) is 2. The topological polar surface area (TPSA) is 103 Å². The van der Waals surface area contributed by atoms with Gasteiger partial charge in [-0.2, -0.15) is 0 Å². The molecule has 2 rings (SSSR count). The van der Waals surface area contributed by atoms with E-state index in [2.05, 4.69) is 10.6 Å². The van der Waals surface area contributed by atoms with Crippen LogP contribution in [0.4, 0.5) is 4.79 Å². The van der Waals surface area contributed by atoms with Crippen molar-refractivity contribution in [1.82, 2.24) is 10.6 Å². The molecule has 0 aliphatic carbocycles. The third-order valence-electron chi connectivity index (χ3n) is 4.34. The summed E-state index contributed by atoms with van der Waals surface area (Å²) in [5, 5.41) is 5.06. The third kappa shape index (κ3) is 7.12. The number of nitrogens with one attached hydrogen (secondary N) is 2. The number of carbonyl (C=O) groups is 3. The van der Waals surface area contributed by atoms with Crippen molar-refractivity contribution < 1.29 is 28.6 Å². The number of methoxy groups -OCH3 is 2. The van der Waals surface area contributed by atoms with Gasteiger partial charge in [0.25, 0.3) is 0 Å². The lowest BCUT2D eigenvalue weighted by Gasteiger charge is -2.20. The van der Waals surface area contributed by atoms with Gasteiger partial charge in [-0.05, 0) is 30.2 Å². The second kappa shape index (κ2) is 11.5. The summed E-state index contributed by atoms with van der Waals surface area (Å²) in [6.45, 7) is 1.59. The summed E-state index contributed by atoms with van der Waals surface area (Å²) in [5.74, 6) is -0.433. The number of hydrogen-bond acceptors (Lipinski definition) is 6. The Morgan fingerprint density at radius 2 is 1.57 bits per heavy atom. The fourth-order valence-electron chi connectivity index (χ4n) is 2.64. The zero-order chi connectivity index (χ0) is 21.9. The van der Waals surface area contributed by atoms with Gasteiger partial charge in [0.15, 0.2) is 0 Å². The second-order valence-electron chi connectivity index (χ2n) is 6.56. The molecule has 0 aromatic heterocycles. The highest BCUT2D eigenvalue weighted by Crippen LogP contribution is 2.13. The molecule has 0 spiro atoms. The fourth-order valence-corrected chi connectivity index (χ4v) is 2.64. The molecule has 0 heterocycles. The zero-order valence-corrected chi connectivity index (χ0v) is 17.2. The van der Waals surface area contributed by atoms with Crippen molar-refractivity contribution in [1.29, 1.82) is 0 Å². The number of carbonyl (C=O) groups excluding carboxylic acids is 3. The average molecular weight is 414 g/mol. The highest BCUT2D eigenvalue weighted by molar-refractivity contribution is 5.89. The van der Waals surface area contributed by atoms with Crippen LogP contribution in [0.2, 0.25) is 0 Å². The first-order valence-electron chi connectivity index (χ1n) is 9.41. The van der Waals surface area contributed by atoms with Crippen molar-refractivity contribution in [3.8, 4) is 5.75 Å². The van der Waals surface area contributed by atoms with Crippen LogP contribution in [0.1, 0.15) is 18.1 Å². The van der Waals surface area contributed by atoms with Crippen LogP contribution in [-0.4, -0.2) is 44.3 Å². The molecule has 2 N–H and O–H groups in total. The summed E-state index contributed by atoms with van der Waals surface area (Å²) in [4.78, 5) is 36.5. The van der Waals surface area contributed by atoms with Crippen molar-refractivity contribution in [2.24, 2.45) is 0 Å². The Hall–Kier alpha value is -3.55. The SMILES string of the molecule is COC(=O)C(Cc1ccc(OC)cc1)NC(=O)[C@@H](C)NC(=O)OCc1ccccc1. The van der Waals surface area contributed by atoms with Crippen LogP contribution in [0.5, 0.6) is 5.75 Å². The van der Waals surface area contributed by atoms with Gasteiger partial charge in [-0.25, -0.2) is 9.59 Å². The minimum absolute atomic E-state index is 0.0866. The smallest absolute Gasteiger partial charge is 0.408 e. The molecule has 2 amide bonds. The molecule has 2 atom stereocenters. The molecule has 0 fully saturated rings. The van der Waals surface area contributed by atoms with Crippen molar-refractivity contribution in [3.63, 3.8) is 0 Å². The molecule has 0 aliphatic heterocycles. The summed E-state index contributed by atoms with van der Waals surface area (Å²) in [5.41, 5.74) is 1.64. The lowest BCUT2D eigenvalue weighted by Crippen LogP contribution is -2.51. The summed E-state index contributed by atoms with van der Waals surface area (Å²) in [7, 11) is 2.81. The lowest BCUT2D eigenvalue weighted by atomic mass is 10.1. The number of alkyl carbamates (subject to hydrolysis) is 1. The minimum Gasteiger partial charge on any atom is -0.497 e. The van der Waals surface area contributed by atoms with Gasteiger partial charge >= 0.3 is 12.1 Å². The first-order valence-corrected chi connectivity index (χ1v) is 9.41. The third-order valence-corrected chi connectivity index (χ3v) is 4.34. The van der Waals surface area contributed by atoms with E-state index < -0.39 is 30.1 Å². The standard InChI is InChI=1S/C22H26N2O6/c1-15(23-22(27)30-14-17-7-5-4-6-8-17)20(25)24-19(21(26)29-3)13-16-9-11-18(28-2)12-10-16/h4-12,15,19H,13-14H2,1-3H3,(H,23,27)(H,24,25)/t15-,19?/m1/s1. The average Bonchev–Trinajstić information content (AvgIpc) is 2.77. The van der Waals surface area contributed by atoms with Crippen molar-refractivity contribution in [2.75, 3.05) is 14.2 Å². The van der Waals surface area contributed by atoms with Crippen LogP contribution in [0.15, 0.2) is 54.6 Å². The van der Waals surface area contributed by atoms with E-state index >= 15 is 0 Å². The van der Waals surface area contributed by atoms with Crippen LogP contribution in [0.25, 0.3) is 0 Å². The molecule has 2 aromatic carbocycles. The number of esters is 1. The van der Waals surface area contributed by atoms with Crippen molar-refractivity contribution >= 4 is 18.0 Å². The van der Waals surface area contributed by atoms with E-state index in [4.69, 9.17) is 14.2 Å². The van der Waals surface area contributed by atoms with E-state index in [9.17, 15) is 14.4 Å². The fraction of sp³-hybridized carbons (Fsp3) is 0.318. The molecule has 1 unspecified atom stereocenters. The van der Waals surface area contributed by atoms with E-state index in [1.165, 1.54) is 14.0 Å². The monoisotopic (exact) mass is 414 g/mol. The van der Waals surface area contributed by atoms with Gasteiger partial charge in [0.05, 0.1) is 14.2 Å². The van der Waals surface area contributed by atoms with E-state index in [1.54, 1.807) is 31.4 Å². The van der Waals surface area contributed by atoms with Gasteiger partial charge in [0.1, 0.15) is 24.4 Å². The van der Waals surface area contributed by atoms with Crippen molar-refractivity contribution in [3.05, 3.63) is 65.7 Å². The van der Waals surface area contributed by atoms with E-state index in [1.807, 2.05) is 30.3 Å². The van der Waals surface area contributed by atoms with E-state index in [0.29, 0.717) is 5.75 Å². The molecule has 0 saturated carbocycles. The molecule has 30 heavy (non-hydrogen) atoms. The zero-order valence-electron chi connectivity index (χ0n) is 17.2. The summed E-state index contributed by atoms with van der Waals surface area (Å²) < 4.78 is 15.0. The van der Waals surface area contributed by atoms with E-state index in [-0.39, 0.29) is 13.0 Å². The predicted molar refractivity (Wildman–Crippen MR) is 110 cm³/mol. The minimum atomic E-state index is -0.906. The molecule has 0 bridgehead atoms. The Labute approximate surface area is 175 Å². The molecule has 8 heteroatoms. The maximum atomic E-state index is 12.5. The van der Waals surface area contributed by atoms with Gasteiger partial charge in [-0.15, -0.1) is 0 Å². The highest BCUT2D eigenvalue weighted by Gasteiger charge is 2.25. The Morgan fingerprint density at radius 3 is 2.17 bits per heavy atom. The Bertz CT molecular complexity index is 838. The Morgan fingerprint density at radius 1 is 0.900 bits per heavy atom. The van der Waals surface area contributed by atoms with Crippen LogP contribution in [-0.2, 0) is 32.1 Å². The molecule has 2 aromatic rings. The maximum absolute atomic E-state index is 12.5. The molecular weight excluding hydrogens is 388 g/mol. The van der Waals surface area contributed by atoms with Gasteiger partial charge in [-0.1, -0.05) is 42.5 Å². The molecular formula is C22H26N2O6. The quantitative estimate of drug-likeness (QED) is 0.610. The number of rotatable bonds is 9. The molecule has 0 saturated heterocycles. The van der Waals surface area contributed by atoms with Crippen LogP contribution in [0.3, 0.4) is 0 Å². The molecule has 8 nitrogen and oxygen atoms in total. The van der Waals surface area contributed by atoms with Crippen LogP contribution < -0.4 is 15.4 Å². The molecule has 0 aliphatic rings. The lowest BCUT2D eigenvalue weighted by molar-refractivity contribution is -0.145. The first kappa shape index (κ1) is 22.7. The predicted octanol–water partition coefficient (Wildman–Crippen LogP) is 2.21. The summed E-state index contributed by atoms with van der Waals surface area (Å²) >= 11 is 0. The number of amides is 2. The maximum Gasteiger partial charge on any atom is 0.408 e. The summed E-state index contributed by atoms with van der Waals surface area (Å²) in [6.07, 6.45) is -0.501. The largest absolute Gasteiger partial charge is 0.497 e. The second-order valence-corrected chi connectivity index (χ2v) is 6.56. The van der Waals surface area contributed by atoms with Crippen LogP contribution >= 0.6 is 0 Å². The van der Waals surface area contributed by atoms with Gasteiger partial charge in [-0.3, -0.25) is 4.79 Å². The van der Waals surface area contributed by atoms with Crippen LogP contribution in [0, 0.1) is 0 Å². The van der Waals surface area contributed by atoms with Gasteiger partial charge in [0, 0.05) is 6.42 Å². The first-order chi connectivity index (χ1) is 14.4. The van der Waals surface area contributed by atoms with E-state index in [0.717, 1.165) is 11.1 Å². The molecule has 160 valence electrons. The summed E-state index contributed by atoms with van der Waals surface area (Å²) in [6, 6.07) is 14.5. The van der Waals surface area contributed by atoms with Gasteiger partial charge < -0.3 is 24.8 Å². The highest BCUT2D eigenvalue weighted by atomic mass is 16.5.